The lowest BCUT2D eigenvalue weighted by Gasteiger charge is -2.45. The Hall–Kier alpha value is -1.28. The number of pyridine rings is 1. The van der Waals surface area contributed by atoms with E-state index in [0.717, 1.165) is 19.5 Å². The number of aromatic nitrogens is 1. The van der Waals surface area contributed by atoms with E-state index in [-0.39, 0.29) is 4.90 Å². The largest absolute Gasteiger partial charge is 0.293 e. The van der Waals surface area contributed by atoms with Crippen molar-refractivity contribution in [3.8, 4) is 0 Å². The molecule has 2 aromatic rings. The highest BCUT2D eigenvalue weighted by Crippen LogP contribution is 2.29. The average molecular weight is 335 g/mol. The number of hydrogen-bond acceptors (Lipinski definition) is 5. The van der Waals surface area contributed by atoms with Crippen molar-refractivity contribution in [3.63, 3.8) is 0 Å². The summed E-state index contributed by atoms with van der Waals surface area (Å²) in [6.07, 6.45) is 4.09. The van der Waals surface area contributed by atoms with Crippen LogP contribution >= 0.6 is 11.3 Å². The van der Waals surface area contributed by atoms with Crippen LogP contribution in [0.3, 0.4) is 0 Å². The van der Waals surface area contributed by atoms with Gasteiger partial charge in [0.2, 0.25) is 10.0 Å². The number of sulfonamides is 1. The maximum absolute atomic E-state index is 12.5. The molecule has 0 amide bonds. The van der Waals surface area contributed by atoms with Gasteiger partial charge in [-0.15, -0.1) is 11.3 Å². The molecule has 0 atom stereocenters. The molecule has 2 aliphatic heterocycles. The number of thiophene rings is 1. The lowest BCUT2D eigenvalue weighted by Crippen LogP contribution is -2.61. The quantitative estimate of drug-likeness (QED) is 0.854. The Morgan fingerprint density at radius 1 is 1.27 bits per heavy atom. The molecule has 0 aliphatic carbocycles. The first kappa shape index (κ1) is 14.3. The number of fused-ring (bicyclic) bond motifs is 1. The summed E-state index contributed by atoms with van der Waals surface area (Å²) in [5, 5.41) is 2.15. The van der Waals surface area contributed by atoms with Gasteiger partial charge in [0.05, 0.1) is 0 Å². The molecule has 2 aromatic heterocycles. The van der Waals surface area contributed by atoms with Crippen molar-refractivity contribution in [3.05, 3.63) is 46.4 Å². The van der Waals surface area contributed by atoms with E-state index in [1.54, 1.807) is 22.6 Å². The van der Waals surface area contributed by atoms with E-state index in [1.165, 1.54) is 16.6 Å². The highest BCUT2D eigenvalue weighted by molar-refractivity contribution is 7.89. The van der Waals surface area contributed by atoms with Gasteiger partial charge in [-0.2, -0.15) is 4.31 Å². The van der Waals surface area contributed by atoms with Crippen LogP contribution in [0.4, 0.5) is 0 Å². The fourth-order valence-electron chi connectivity index (χ4n) is 3.07. The average Bonchev–Trinajstić information content (AvgIpc) is 2.94. The maximum Gasteiger partial charge on any atom is 0.244 e. The van der Waals surface area contributed by atoms with Crippen molar-refractivity contribution < 1.29 is 8.42 Å². The molecule has 4 rings (SSSR count). The van der Waals surface area contributed by atoms with Gasteiger partial charge >= 0.3 is 0 Å². The molecule has 2 aliphatic rings. The van der Waals surface area contributed by atoms with E-state index in [4.69, 9.17) is 0 Å². The molecule has 0 bridgehead atoms. The number of rotatable bonds is 3. The molecule has 5 nitrogen and oxygen atoms in total. The Morgan fingerprint density at radius 3 is 2.91 bits per heavy atom. The Balaban J connectivity index is 1.43. The standard InChI is InChI=1S/C15H17N3O2S2/c19-22(20,14-2-1-5-16-8-14)18-10-13(11-18)17-6-3-15-12(9-17)4-7-21-15/h1-2,4-5,7-8,13H,3,6,9-11H2. The second-order valence-electron chi connectivity index (χ2n) is 5.75. The summed E-state index contributed by atoms with van der Waals surface area (Å²) in [5.74, 6) is 0. The molecule has 0 radical (unpaired) electrons. The summed E-state index contributed by atoms with van der Waals surface area (Å²) in [6.45, 7) is 3.14. The van der Waals surface area contributed by atoms with E-state index in [1.807, 2.05) is 11.3 Å². The maximum atomic E-state index is 12.5. The molecule has 0 unspecified atom stereocenters. The van der Waals surface area contributed by atoms with Gasteiger partial charge in [-0.05, 0) is 35.6 Å². The van der Waals surface area contributed by atoms with Gasteiger partial charge in [0, 0.05) is 49.5 Å². The van der Waals surface area contributed by atoms with Crippen LogP contribution in [0.2, 0.25) is 0 Å². The third-order valence-corrected chi connectivity index (χ3v) is 7.29. The van der Waals surface area contributed by atoms with Crippen molar-refractivity contribution in [2.75, 3.05) is 19.6 Å². The van der Waals surface area contributed by atoms with E-state index in [0.29, 0.717) is 19.1 Å². The zero-order valence-corrected chi connectivity index (χ0v) is 13.7. The summed E-state index contributed by atoms with van der Waals surface area (Å²) in [6, 6.07) is 5.79. The van der Waals surface area contributed by atoms with Crippen LogP contribution < -0.4 is 0 Å². The van der Waals surface area contributed by atoms with Gasteiger partial charge < -0.3 is 0 Å². The van der Waals surface area contributed by atoms with Gasteiger partial charge in [0.25, 0.3) is 0 Å². The van der Waals surface area contributed by atoms with Crippen molar-refractivity contribution >= 4 is 21.4 Å². The van der Waals surface area contributed by atoms with E-state index < -0.39 is 10.0 Å². The monoisotopic (exact) mass is 335 g/mol. The van der Waals surface area contributed by atoms with Crippen LogP contribution in [0.15, 0.2) is 40.9 Å². The van der Waals surface area contributed by atoms with Crippen molar-refractivity contribution in [2.24, 2.45) is 0 Å². The van der Waals surface area contributed by atoms with E-state index in [9.17, 15) is 8.42 Å². The van der Waals surface area contributed by atoms with E-state index >= 15 is 0 Å². The molecule has 7 heteroatoms. The molecule has 4 heterocycles. The van der Waals surface area contributed by atoms with Crippen molar-refractivity contribution in [1.29, 1.82) is 0 Å². The summed E-state index contributed by atoms with van der Waals surface area (Å²) in [7, 11) is -3.38. The lowest BCUT2D eigenvalue weighted by molar-refractivity contribution is 0.0775. The van der Waals surface area contributed by atoms with Crippen LogP contribution in [0, 0.1) is 0 Å². The second-order valence-corrected chi connectivity index (χ2v) is 8.69. The molecule has 0 aromatic carbocycles. The first-order chi connectivity index (χ1) is 10.6. The SMILES string of the molecule is O=S(=O)(c1cccnc1)N1CC(N2CCc3sccc3C2)C1. The smallest absolute Gasteiger partial charge is 0.244 e. The highest BCUT2D eigenvalue weighted by Gasteiger charge is 2.40. The molecule has 1 fully saturated rings. The Kier molecular flexibility index (Phi) is 3.53. The summed E-state index contributed by atoms with van der Waals surface area (Å²) < 4.78 is 26.5. The Bertz CT molecular complexity index is 767. The minimum atomic E-state index is -3.38. The first-order valence-electron chi connectivity index (χ1n) is 7.34. The first-order valence-corrected chi connectivity index (χ1v) is 9.66. The zero-order valence-electron chi connectivity index (χ0n) is 12.1. The summed E-state index contributed by atoms with van der Waals surface area (Å²) >= 11 is 1.83. The fourth-order valence-corrected chi connectivity index (χ4v) is 5.44. The molecule has 0 N–H and O–H groups in total. The second kappa shape index (κ2) is 5.42. The minimum absolute atomic E-state index is 0.284. The zero-order chi connectivity index (χ0) is 15.2. The van der Waals surface area contributed by atoms with Crippen LogP contribution in [0.25, 0.3) is 0 Å². The predicted molar refractivity (Wildman–Crippen MR) is 85.2 cm³/mol. The van der Waals surface area contributed by atoms with Gasteiger partial charge in [0.15, 0.2) is 0 Å². The molecule has 0 saturated carbocycles. The van der Waals surface area contributed by atoms with Gasteiger partial charge in [-0.1, -0.05) is 0 Å². The molecule has 22 heavy (non-hydrogen) atoms. The summed E-state index contributed by atoms with van der Waals surface area (Å²) in [5.41, 5.74) is 1.41. The predicted octanol–water partition coefficient (Wildman–Crippen LogP) is 1.57. The normalized spacial score (nSPS) is 20.5. The van der Waals surface area contributed by atoms with Crippen LogP contribution in [-0.4, -0.2) is 48.3 Å². The van der Waals surface area contributed by atoms with Crippen LogP contribution in [0.5, 0.6) is 0 Å². The van der Waals surface area contributed by atoms with Gasteiger partial charge in [-0.3, -0.25) is 9.88 Å². The molecular weight excluding hydrogens is 318 g/mol. The fraction of sp³-hybridized carbons (Fsp3) is 0.400. The topological polar surface area (TPSA) is 53.5 Å². The molecule has 116 valence electrons. The Morgan fingerprint density at radius 2 is 2.14 bits per heavy atom. The third-order valence-electron chi connectivity index (χ3n) is 4.45. The van der Waals surface area contributed by atoms with Crippen LogP contribution in [-0.2, 0) is 23.0 Å². The Labute approximate surface area is 134 Å². The molecular formula is C15H17N3O2S2. The molecule has 1 saturated heterocycles. The van der Waals surface area contributed by atoms with E-state index in [2.05, 4.69) is 21.3 Å². The minimum Gasteiger partial charge on any atom is -0.293 e. The molecule has 0 spiro atoms. The number of hydrogen-bond donors (Lipinski definition) is 0. The third kappa shape index (κ3) is 2.38. The highest BCUT2D eigenvalue weighted by atomic mass is 32.2. The van der Waals surface area contributed by atoms with Crippen LogP contribution in [0.1, 0.15) is 10.4 Å². The lowest BCUT2D eigenvalue weighted by atomic mass is 10.0. The van der Waals surface area contributed by atoms with Crippen molar-refractivity contribution in [1.82, 2.24) is 14.2 Å². The summed E-state index contributed by atoms with van der Waals surface area (Å²) in [4.78, 5) is 8.08. The van der Waals surface area contributed by atoms with Gasteiger partial charge in [0.1, 0.15) is 4.90 Å². The number of nitrogens with zero attached hydrogens (tertiary/aromatic N) is 3. The van der Waals surface area contributed by atoms with Crippen molar-refractivity contribution in [2.45, 2.75) is 23.9 Å². The van der Waals surface area contributed by atoms with Gasteiger partial charge in [-0.25, -0.2) is 8.42 Å².